The summed E-state index contributed by atoms with van der Waals surface area (Å²) in [6.07, 6.45) is 1.73. The van der Waals surface area contributed by atoms with Crippen LogP contribution >= 0.6 is 11.3 Å². The molecule has 3 rings (SSSR count). The number of benzene rings is 1. The normalized spacial score (nSPS) is 10.7. The molecule has 2 aromatic heterocycles. The van der Waals surface area contributed by atoms with Crippen LogP contribution in [-0.2, 0) is 0 Å². The molecular formula is C13H8N2O2S. The van der Waals surface area contributed by atoms with Crippen molar-refractivity contribution in [3.63, 3.8) is 0 Å². The second-order valence-electron chi connectivity index (χ2n) is 3.75. The van der Waals surface area contributed by atoms with Crippen LogP contribution in [0.5, 0.6) is 0 Å². The van der Waals surface area contributed by atoms with E-state index in [9.17, 15) is 4.79 Å². The summed E-state index contributed by atoms with van der Waals surface area (Å²) in [6.45, 7) is 0. The van der Waals surface area contributed by atoms with Crippen molar-refractivity contribution in [2.75, 3.05) is 0 Å². The van der Waals surface area contributed by atoms with Crippen molar-refractivity contribution < 1.29 is 9.90 Å². The maximum absolute atomic E-state index is 10.8. The molecule has 0 fully saturated rings. The second kappa shape index (κ2) is 4.19. The van der Waals surface area contributed by atoms with Crippen LogP contribution < -0.4 is 0 Å². The summed E-state index contributed by atoms with van der Waals surface area (Å²) in [4.78, 5) is 19.1. The number of nitrogens with zero attached hydrogens (tertiary/aromatic N) is 2. The Labute approximate surface area is 107 Å². The number of carboxylic acid groups (broad SMARTS) is 1. The zero-order chi connectivity index (χ0) is 12.5. The average molecular weight is 256 g/mol. The highest BCUT2D eigenvalue weighted by molar-refractivity contribution is 7.13. The van der Waals surface area contributed by atoms with Crippen molar-refractivity contribution in [1.29, 1.82) is 0 Å². The number of fused-ring (bicyclic) bond motifs is 1. The van der Waals surface area contributed by atoms with E-state index in [4.69, 9.17) is 5.11 Å². The topological polar surface area (TPSA) is 63.1 Å². The number of rotatable bonds is 2. The molecule has 0 bridgehead atoms. The van der Waals surface area contributed by atoms with Gasteiger partial charge in [0.15, 0.2) is 5.69 Å². The predicted molar refractivity (Wildman–Crippen MR) is 69.8 cm³/mol. The molecule has 1 aromatic carbocycles. The molecule has 0 saturated heterocycles. The van der Waals surface area contributed by atoms with Crippen LogP contribution in [0.2, 0.25) is 0 Å². The van der Waals surface area contributed by atoms with E-state index in [1.165, 1.54) is 11.3 Å². The molecule has 0 aliphatic heterocycles. The van der Waals surface area contributed by atoms with E-state index in [-0.39, 0.29) is 5.69 Å². The number of hydrogen-bond donors (Lipinski definition) is 1. The minimum Gasteiger partial charge on any atom is -0.476 e. The molecule has 0 atom stereocenters. The zero-order valence-electron chi connectivity index (χ0n) is 9.20. The Balaban J connectivity index is 2.10. The van der Waals surface area contributed by atoms with Gasteiger partial charge in [0, 0.05) is 22.5 Å². The second-order valence-corrected chi connectivity index (χ2v) is 4.61. The Kier molecular flexibility index (Phi) is 2.53. The number of thiazole rings is 1. The molecule has 0 aliphatic carbocycles. The standard InChI is InChI=1S/C13H8N2O2S/c16-13(17)11-7-18-12(15-11)9-4-3-8-2-1-5-14-10(8)6-9/h1-7H,(H,16,17). The zero-order valence-corrected chi connectivity index (χ0v) is 10.0. The van der Waals surface area contributed by atoms with Crippen molar-refractivity contribution in [2.45, 2.75) is 0 Å². The summed E-state index contributed by atoms with van der Waals surface area (Å²) in [6, 6.07) is 9.67. The van der Waals surface area contributed by atoms with Gasteiger partial charge in [0.2, 0.25) is 0 Å². The third-order valence-electron chi connectivity index (χ3n) is 2.58. The molecule has 0 aliphatic rings. The number of carboxylic acids is 1. The monoisotopic (exact) mass is 256 g/mol. The van der Waals surface area contributed by atoms with Crippen LogP contribution in [0.15, 0.2) is 41.9 Å². The summed E-state index contributed by atoms with van der Waals surface area (Å²) in [5.41, 5.74) is 1.84. The molecule has 0 saturated carbocycles. The lowest BCUT2D eigenvalue weighted by Gasteiger charge is -1.99. The molecular weight excluding hydrogens is 248 g/mol. The number of pyridine rings is 1. The Morgan fingerprint density at radius 2 is 2.17 bits per heavy atom. The predicted octanol–water partition coefficient (Wildman–Crippen LogP) is 3.06. The molecule has 18 heavy (non-hydrogen) atoms. The largest absolute Gasteiger partial charge is 0.476 e. The highest BCUT2D eigenvalue weighted by Gasteiger charge is 2.10. The van der Waals surface area contributed by atoms with E-state index >= 15 is 0 Å². The molecule has 4 nitrogen and oxygen atoms in total. The van der Waals surface area contributed by atoms with Gasteiger partial charge in [0.25, 0.3) is 0 Å². The first-order valence-corrected chi connectivity index (χ1v) is 6.16. The highest BCUT2D eigenvalue weighted by atomic mass is 32.1. The Morgan fingerprint density at radius 3 is 2.94 bits per heavy atom. The van der Waals surface area contributed by atoms with Gasteiger partial charge in [0.1, 0.15) is 5.01 Å². The van der Waals surface area contributed by atoms with Gasteiger partial charge in [-0.2, -0.15) is 0 Å². The molecule has 1 N–H and O–H groups in total. The van der Waals surface area contributed by atoms with Gasteiger partial charge in [-0.3, -0.25) is 4.98 Å². The third kappa shape index (κ3) is 1.84. The van der Waals surface area contributed by atoms with Crippen molar-refractivity contribution in [3.05, 3.63) is 47.6 Å². The average Bonchev–Trinajstić information content (AvgIpc) is 2.88. The fraction of sp³-hybridized carbons (Fsp3) is 0. The minimum atomic E-state index is -1.00. The van der Waals surface area contributed by atoms with E-state index in [1.54, 1.807) is 11.6 Å². The molecule has 5 heteroatoms. The van der Waals surface area contributed by atoms with Crippen LogP contribution in [-0.4, -0.2) is 21.0 Å². The summed E-state index contributed by atoms with van der Waals surface area (Å²) >= 11 is 1.32. The van der Waals surface area contributed by atoms with Gasteiger partial charge >= 0.3 is 5.97 Å². The Morgan fingerprint density at radius 1 is 1.28 bits per heavy atom. The fourth-order valence-corrected chi connectivity index (χ4v) is 2.49. The quantitative estimate of drug-likeness (QED) is 0.765. The maximum Gasteiger partial charge on any atom is 0.355 e. The van der Waals surface area contributed by atoms with Crippen LogP contribution in [0.1, 0.15) is 10.5 Å². The number of aromatic carboxylic acids is 1. The van der Waals surface area contributed by atoms with Crippen LogP contribution in [0, 0.1) is 0 Å². The smallest absolute Gasteiger partial charge is 0.355 e. The van der Waals surface area contributed by atoms with Gasteiger partial charge in [-0.15, -0.1) is 11.3 Å². The number of carbonyl (C=O) groups is 1. The summed E-state index contributed by atoms with van der Waals surface area (Å²) in [5, 5.41) is 12.1. The first-order chi connectivity index (χ1) is 8.74. The maximum atomic E-state index is 10.8. The van der Waals surface area contributed by atoms with E-state index in [0.29, 0.717) is 5.01 Å². The van der Waals surface area contributed by atoms with Gasteiger partial charge in [-0.25, -0.2) is 9.78 Å². The molecule has 3 aromatic rings. The number of aromatic nitrogens is 2. The fourth-order valence-electron chi connectivity index (χ4n) is 1.70. The van der Waals surface area contributed by atoms with Gasteiger partial charge in [0.05, 0.1) is 5.52 Å². The SMILES string of the molecule is O=C(O)c1csc(-c2ccc3cccnc3c2)n1. The van der Waals surface area contributed by atoms with Crippen LogP contribution in [0.3, 0.4) is 0 Å². The highest BCUT2D eigenvalue weighted by Crippen LogP contribution is 2.26. The lowest BCUT2D eigenvalue weighted by Crippen LogP contribution is -1.95. The number of hydrogen-bond acceptors (Lipinski definition) is 4. The lowest BCUT2D eigenvalue weighted by atomic mass is 10.1. The van der Waals surface area contributed by atoms with Crippen molar-refractivity contribution in [1.82, 2.24) is 9.97 Å². The van der Waals surface area contributed by atoms with E-state index in [1.807, 2.05) is 30.3 Å². The summed E-state index contributed by atoms with van der Waals surface area (Å²) in [7, 11) is 0. The van der Waals surface area contributed by atoms with Gasteiger partial charge in [-0.1, -0.05) is 18.2 Å². The first-order valence-electron chi connectivity index (χ1n) is 5.28. The van der Waals surface area contributed by atoms with Crippen LogP contribution in [0.4, 0.5) is 0 Å². The first kappa shape index (κ1) is 10.9. The molecule has 0 unspecified atom stereocenters. The van der Waals surface area contributed by atoms with Gasteiger partial charge < -0.3 is 5.11 Å². The lowest BCUT2D eigenvalue weighted by molar-refractivity contribution is 0.0691. The Hall–Kier alpha value is -2.27. The van der Waals surface area contributed by atoms with Crippen molar-refractivity contribution in [3.8, 4) is 10.6 Å². The third-order valence-corrected chi connectivity index (χ3v) is 3.47. The Bertz CT molecular complexity index is 736. The van der Waals surface area contributed by atoms with Gasteiger partial charge in [-0.05, 0) is 12.1 Å². The van der Waals surface area contributed by atoms with E-state index in [0.717, 1.165) is 16.5 Å². The summed E-state index contributed by atoms with van der Waals surface area (Å²) < 4.78 is 0. The molecule has 0 amide bonds. The minimum absolute atomic E-state index is 0.0797. The molecule has 0 spiro atoms. The van der Waals surface area contributed by atoms with Crippen molar-refractivity contribution in [2.24, 2.45) is 0 Å². The van der Waals surface area contributed by atoms with E-state index in [2.05, 4.69) is 9.97 Å². The van der Waals surface area contributed by atoms with Crippen LogP contribution in [0.25, 0.3) is 21.5 Å². The summed E-state index contributed by atoms with van der Waals surface area (Å²) in [5.74, 6) is -1.00. The van der Waals surface area contributed by atoms with E-state index < -0.39 is 5.97 Å². The van der Waals surface area contributed by atoms with Crippen molar-refractivity contribution >= 4 is 28.2 Å². The molecule has 2 heterocycles. The molecule has 0 radical (unpaired) electrons. The molecule has 88 valence electrons.